The molecule has 29 heavy (non-hydrogen) atoms. The number of fused-ring (bicyclic) bond motifs is 1. The van der Waals surface area contributed by atoms with Crippen molar-refractivity contribution in [2.45, 2.75) is 39.3 Å². The number of para-hydroxylation sites is 1. The Morgan fingerprint density at radius 1 is 1.17 bits per heavy atom. The smallest absolute Gasteiger partial charge is 0.408 e. The first-order chi connectivity index (χ1) is 13.7. The average Bonchev–Trinajstić information content (AvgIpc) is 2.66. The van der Waals surface area contributed by atoms with Crippen LogP contribution in [0.1, 0.15) is 45.1 Å². The van der Waals surface area contributed by atoms with Gasteiger partial charge in [0.25, 0.3) is 5.56 Å². The highest BCUT2D eigenvalue weighted by molar-refractivity contribution is 5.84. The third kappa shape index (κ3) is 4.27. The number of benzene rings is 2. The zero-order valence-electron chi connectivity index (χ0n) is 16.8. The molecule has 0 aliphatic carbocycles. The standard InChI is InChI=1S/C22H22N4O3/c1-14(24-21(28)29-22(2,3)4)19-25-17-12-8-9-15(13-23)18(17)20(27)26(19)16-10-6-5-7-11-16/h5-12,14H,1-4H3,(H,24,28). The van der Waals surface area contributed by atoms with Crippen LogP contribution in [0.25, 0.3) is 16.6 Å². The van der Waals surface area contributed by atoms with Gasteiger partial charge in [-0.1, -0.05) is 24.3 Å². The third-order valence-corrected chi connectivity index (χ3v) is 4.18. The number of hydrogen-bond donors (Lipinski definition) is 1. The summed E-state index contributed by atoms with van der Waals surface area (Å²) in [6.45, 7) is 7.05. The van der Waals surface area contributed by atoms with Crippen LogP contribution in [0.3, 0.4) is 0 Å². The number of nitriles is 1. The highest BCUT2D eigenvalue weighted by Gasteiger charge is 2.23. The van der Waals surface area contributed by atoms with Crippen LogP contribution in [0, 0.1) is 11.3 Å². The van der Waals surface area contributed by atoms with Gasteiger partial charge in [0.1, 0.15) is 17.5 Å². The van der Waals surface area contributed by atoms with E-state index in [0.29, 0.717) is 17.0 Å². The van der Waals surface area contributed by atoms with E-state index in [4.69, 9.17) is 4.74 Å². The summed E-state index contributed by atoms with van der Waals surface area (Å²) in [5.74, 6) is 0.342. The van der Waals surface area contributed by atoms with Gasteiger partial charge in [0, 0.05) is 0 Å². The monoisotopic (exact) mass is 390 g/mol. The van der Waals surface area contributed by atoms with Crippen LogP contribution in [0.4, 0.5) is 4.79 Å². The Labute approximate surface area is 168 Å². The van der Waals surface area contributed by atoms with Gasteiger partial charge in [0.2, 0.25) is 0 Å². The van der Waals surface area contributed by atoms with E-state index in [1.165, 1.54) is 4.57 Å². The molecule has 0 fully saturated rings. The predicted molar refractivity (Wildman–Crippen MR) is 110 cm³/mol. The number of carbonyl (C=O) groups excluding carboxylic acids is 1. The molecule has 0 bridgehead atoms. The summed E-state index contributed by atoms with van der Waals surface area (Å²) in [5.41, 5.74) is 0.221. The zero-order valence-corrected chi connectivity index (χ0v) is 16.8. The zero-order chi connectivity index (χ0) is 21.2. The molecule has 0 spiro atoms. The molecule has 7 heteroatoms. The van der Waals surface area contributed by atoms with Crippen molar-refractivity contribution in [1.82, 2.24) is 14.9 Å². The summed E-state index contributed by atoms with van der Waals surface area (Å²) in [7, 11) is 0. The Morgan fingerprint density at radius 2 is 1.86 bits per heavy atom. The first-order valence-electron chi connectivity index (χ1n) is 9.22. The minimum Gasteiger partial charge on any atom is -0.444 e. The van der Waals surface area contributed by atoms with E-state index in [2.05, 4.69) is 16.4 Å². The lowest BCUT2D eigenvalue weighted by Gasteiger charge is -2.23. The van der Waals surface area contributed by atoms with Gasteiger partial charge in [-0.25, -0.2) is 9.78 Å². The number of hydrogen-bond acceptors (Lipinski definition) is 5. The average molecular weight is 390 g/mol. The van der Waals surface area contributed by atoms with Gasteiger partial charge < -0.3 is 10.1 Å². The number of ether oxygens (including phenoxy) is 1. The van der Waals surface area contributed by atoms with Gasteiger partial charge in [-0.3, -0.25) is 9.36 Å². The number of amides is 1. The Morgan fingerprint density at radius 3 is 2.48 bits per heavy atom. The number of carbonyl (C=O) groups is 1. The molecule has 148 valence electrons. The third-order valence-electron chi connectivity index (χ3n) is 4.18. The largest absolute Gasteiger partial charge is 0.444 e. The van der Waals surface area contributed by atoms with Crippen LogP contribution >= 0.6 is 0 Å². The van der Waals surface area contributed by atoms with E-state index in [-0.39, 0.29) is 16.5 Å². The minimum absolute atomic E-state index is 0.243. The van der Waals surface area contributed by atoms with Crippen molar-refractivity contribution in [2.75, 3.05) is 0 Å². The lowest BCUT2D eigenvalue weighted by Crippen LogP contribution is -2.37. The van der Waals surface area contributed by atoms with Crippen molar-refractivity contribution in [3.8, 4) is 11.8 Å². The molecular formula is C22H22N4O3. The second-order valence-corrected chi connectivity index (χ2v) is 7.63. The van der Waals surface area contributed by atoms with Gasteiger partial charge in [-0.15, -0.1) is 0 Å². The molecule has 0 aliphatic rings. The van der Waals surface area contributed by atoms with Gasteiger partial charge in [0.05, 0.1) is 28.2 Å². The fourth-order valence-electron chi connectivity index (χ4n) is 3.01. The molecule has 1 atom stereocenters. The van der Waals surface area contributed by atoms with Crippen LogP contribution in [0.5, 0.6) is 0 Å². The Bertz CT molecular complexity index is 1150. The normalized spacial score (nSPS) is 12.2. The number of nitrogens with zero attached hydrogens (tertiary/aromatic N) is 3. The molecule has 1 N–H and O–H groups in total. The number of nitrogens with one attached hydrogen (secondary N) is 1. The Kier molecular flexibility index (Phi) is 5.37. The van der Waals surface area contributed by atoms with Crippen molar-refractivity contribution in [1.29, 1.82) is 5.26 Å². The van der Waals surface area contributed by atoms with Crippen LogP contribution in [0.2, 0.25) is 0 Å². The van der Waals surface area contributed by atoms with Crippen LogP contribution < -0.4 is 10.9 Å². The number of rotatable bonds is 3. The molecule has 1 heterocycles. The van der Waals surface area contributed by atoms with Crippen molar-refractivity contribution >= 4 is 17.0 Å². The van der Waals surface area contributed by atoms with E-state index < -0.39 is 17.7 Å². The van der Waals surface area contributed by atoms with Gasteiger partial charge >= 0.3 is 6.09 Å². The van der Waals surface area contributed by atoms with E-state index in [9.17, 15) is 14.9 Å². The predicted octanol–water partition coefficient (Wildman–Crippen LogP) is 3.84. The van der Waals surface area contributed by atoms with E-state index >= 15 is 0 Å². The maximum Gasteiger partial charge on any atom is 0.408 e. The molecule has 0 saturated heterocycles. The summed E-state index contributed by atoms with van der Waals surface area (Å²) in [6.07, 6.45) is -0.607. The van der Waals surface area contributed by atoms with E-state index in [0.717, 1.165) is 0 Å². The van der Waals surface area contributed by atoms with Crippen molar-refractivity contribution < 1.29 is 9.53 Å². The molecule has 3 rings (SSSR count). The minimum atomic E-state index is -0.651. The second kappa shape index (κ2) is 7.76. The second-order valence-electron chi connectivity index (χ2n) is 7.63. The SMILES string of the molecule is CC(NC(=O)OC(C)(C)C)c1nc2cccc(C#N)c2c(=O)n1-c1ccccc1. The van der Waals surface area contributed by atoms with Gasteiger partial charge in [-0.2, -0.15) is 5.26 Å². The Balaban J connectivity index is 2.19. The summed E-state index contributed by atoms with van der Waals surface area (Å²) in [5, 5.41) is 12.4. The van der Waals surface area contributed by atoms with E-state index in [1.54, 1.807) is 70.2 Å². The summed E-state index contributed by atoms with van der Waals surface area (Å²) in [4.78, 5) is 30.2. The molecular weight excluding hydrogens is 368 g/mol. The maximum absolute atomic E-state index is 13.4. The molecule has 1 amide bonds. The molecule has 0 saturated carbocycles. The van der Waals surface area contributed by atoms with Gasteiger partial charge in [0.15, 0.2) is 0 Å². The molecule has 0 radical (unpaired) electrons. The number of aromatic nitrogens is 2. The summed E-state index contributed by atoms with van der Waals surface area (Å²) in [6, 6.07) is 15.4. The first-order valence-corrected chi connectivity index (χ1v) is 9.22. The van der Waals surface area contributed by atoms with Crippen LogP contribution in [-0.2, 0) is 4.74 Å². The fraction of sp³-hybridized carbons (Fsp3) is 0.273. The van der Waals surface area contributed by atoms with E-state index in [1.807, 2.05) is 6.07 Å². The molecule has 0 aliphatic heterocycles. The topological polar surface area (TPSA) is 97.0 Å². The molecule has 3 aromatic rings. The lowest BCUT2D eigenvalue weighted by molar-refractivity contribution is 0.0505. The molecule has 1 aromatic heterocycles. The fourth-order valence-corrected chi connectivity index (χ4v) is 3.01. The first kappa shape index (κ1) is 20.1. The summed E-state index contributed by atoms with van der Waals surface area (Å²) < 4.78 is 6.74. The molecule has 7 nitrogen and oxygen atoms in total. The highest BCUT2D eigenvalue weighted by atomic mass is 16.6. The van der Waals surface area contributed by atoms with Gasteiger partial charge in [-0.05, 0) is 52.0 Å². The van der Waals surface area contributed by atoms with Crippen LogP contribution in [-0.4, -0.2) is 21.2 Å². The quantitative estimate of drug-likeness (QED) is 0.733. The number of alkyl carbamates (subject to hydrolysis) is 1. The van der Waals surface area contributed by atoms with Crippen molar-refractivity contribution in [2.24, 2.45) is 0 Å². The highest BCUT2D eigenvalue weighted by Crippen LogP contribution is 2.20. The lowest BCUT2D eigenvalue weighted by atomic mass is 10.1. The Hall–Kier alpha value is -3.66. The van der Waals surface area contributed by atoms with Crippen LogP contribution in [0.15, 0.2) is 53.3 Å². The summed E-state index contributed by atoms with van der Waals surface area (Å²) >= 11 is 0. The molecule has 2 aromatic carbocycles. The maximum atomic E-state index is 13.4. The van der Waals surface area contributed by atoms with Crippen molar-refractivity contribution in [3.05, 3.63) is 70.3 Å². The molecule has 1 unspecified atom stereocenters. The van der Waals surface area contributed by atoms with Crippen molar-refractivity contribution in [3.63, 3.8) is 0 Å².